The smallest absolute Gasteiger partial charge is 0.155 e. The van der Waals surface area contributed by atoms with Crippen molar-refractivity contribution in [2.45, 2.75) is 19.4 Å². The topological polar surface area (TPSA) is 46.0 Å². The van der Waals surface area contributed by atoms with Gasteiger partial charge in [0, 0.05) is 6.42 Å². The van der Waals surface area contributed by atoms with E-state index in [0.717, 1.165) is 0 Å². The molecule has 5 heteroatoms. The lowest BCUT2D eigenvalue weighted by Gasteiger charge is -2.04. The van der Waals surface area contributed by atoms with Gasteiger partial charge in [0.1, 0.15) is 0 Å². The highest BCUT2D eigenvalue weighted by atomic mass is 35.5. The van der Waals surface area contributed by atoms with Gasteiger partial charge >= 0.3 is 0 Å². The molecule has 0 spiro atoms. The summed E-state index contributed by atoms with van der Waals surface area (Å²) in [5.41, 5.74) is 0.715. The van der Waals surface area contributed by atoms with E-state index in [1.54, 1.807) is 13.0 Å². The number of hydrogen-bond acceptors (Lipinski definition) is 3. The molecule has 0 saturated heterocycles. The molecule has 0 aromatic carbocycles. The molecule has 1 unspecified atom stereocenters. The molecule has 1 aromatic heterocycles. The van der Waals surface area contributed by atoms with Crippen LogP contribution >= 0.6 is 23.2 Å². The molecular formula is C7H8Cl2N2O. The van der Waals surface area contributed by atoms with Crippen LogP contribution in [-0.4, -0.2) is 21.4 Å². The molecule has 1 N–H and O–H groups in total. The first-order chi connectivity index (χ1) is 5.59. The molecule has 12 heavy (non-hydrogen) atoms. The molecule has 3 nitrogen and oxygen atoms in total. The molecule has 0 aliphatic carbocycles. The Balaban J connectivity index is 2.90. The van der Waals surface area contributed by atoms with E-state index in [1.807, 2.05) is 0 Å². The lowest BCUT2D eigenvalue weighted by molar-refractivity contribution is 0.195. The maximum absolute atomic E-state index is 9.07. The molecule has 0 amide bonds. The van der Waals surface area contributed by atoms with Gasteiger partial charge in [0.05, 0.1) is 6.10 Å². The van der Waals surface area contributed by atoms with Crippen molar-refractivity contribution in [3.63, 3.8) is 0 Å². The van der Waals surface area contributed by atoms with E-state index < -0.39 is 6.10 Å². The normalized spacial score (nSPS) is 13.0. The van der Waals surface area contributed by atoms with Crippen molar-refractivity contribution in [2.24, 2.45) is 0 Å². The standard InChI is InChI=1S/C7H8Cl2N2O/c1-4(12)2-5-3-6(8)10-11-7(5)9/h3-4,12H,2H2,1H3. The number of rotatable bonds is 2. The van der Waals surface area contributed by atoms with Crippen LogP contribution in [0.3, 0.4) is 0 Å². The summed E-state index contributed by atoms with van der Waals surface area (Å²) in [6.45, 7) is 1.67. The van der Waals surface area contributed by atoms with Crippen LogP contribution in [0.15, 0.2) is 6.07 Å². The van der Waals surface area contributed by atoms with Gasteiger partial charge < -0.3 is 5.11 Å². The zero-order valence-corrected chi connectivity index (χ0v) is 7.97. The Labute approximate surface area is 80.3 Å². The molecule has 0 aliphatic heterocycles. The fourth-order valence-electron chi connectivity index (χ4n) is 0.849. The Morgan fingerprint density at radius 1 is 1.50 bits per heavy atom. The summed E-state index contributed by atoms with van der Waals surface area (Å²) in [7, 11) is 0. The summed E-state index contributed by atoms with van der Waals surface area (Å²) >= 11 is 11.3. The first kappa shape index (κ1) is 9.71. The number of nitrogens with zero attached hydrogens (tertiary/aromatic N) is 2. The molecule has 0 aliphatic rings. The van der Waals surface area contributed by atoms with Gasteiger partial charge in [-0.15, -0.1) is 10.2 Å². The molecule has 1 heterocycles. The zero-order chi connectivity index (χ0) is 9.14. The third-order valence-corrected chi connectivity index (χ3v) is 1.81. The average Bonchev–Trinajstić information content (AvgIpc) is 1.96. The van der Waals surface area contributed by atoms with Crippen LogP contribution in [0.2, 0.25) is 10.3 Å². The lowest BCUT2D eigenvalue weighted by Crippen LogP contribution is -2.05. The highest BCUT2D eigenvalue weighted by Gasteiger charge is 2.06. The molecule has 0 bridgehead atoms. The molecule has 0 saturated carbocycles. The first-order valence-electron chi connectivity index (χ1n) is 3.45. The van der Waals surface area contributed by atoms with Crippen LogP contribution in [-0.2, 0) is 6.42 Å². The van der Waals surface area contributed by atoms with Crippen LogP contribution in [0.5, 0.6) is 0 Å². The third kappa shape index (κ3) is 2.59. The Morgan fingerprint density at radius 2 is 2.17 bits per heavy atom. The molecule has 1 rings (SSSR count). The minimum absolute atomic E-state index is 0.287. The van der Waals surface area contributed by atoms with E-state index in [1.165, 1.54) is 0 Å². The maximum atomic E-state index is 9.07. The van der Waals surface area contributed by atoms with Gasteiger partial charge in [-0.3, -0.25) is 0 Å². The van der Waals surface area contributed by atoms with Crippen LogP contribution in [0.25, 0.3) is 0 Å². The number of aromatic nitrogens is 2. The molecule has 0 radical (unpaired) electrons. The molecule has 1 atom stereocenters. The SMILES string of the molecule is CC(O)Cc1cc(Cl)nnc1Cl. The van der Waals surface area contributed by atoms with Crippen molar-refractivity contribution in [3.05, 3.63) is 21.9 Å². The second-order valence-corrected chi connectivity index (χ2v) is 3.28. The van der Waals surface area contributed by atoms with E-state index in [2.05, 4.69) is 10.2 Å². The summed E-state index contributed by atoms with van der Waals surface area (Å²) in [5, 5.41) is 16.8. The lowest BCUT2D eigenvalue weighted by atomic mass is 10.1. The largest absolute Gasteiger partial charge is 0.393 e. The third-order valence-electron chi connectivity index (χ3n) is 1.31. The number of halogens is 2. The average molecular weight is 207 g/mol. The van der Waals surface area contributed by atoms with Crippen molar-refractivity contribution in [1.82, 2.24) is 10.2 Å². The molecule has 1 aromatic rings. The van der Waals surface area contributed by atoms with Gasteiger partial charge in [0.25, 0.3) is 0 Å². The monoisotopic (exact) mass is 206 g/mol. The highest BCUT2D eigenvalue weighted by Crippen LogP contribution is 2.16. The minimum atomic E-state index is -0.456. The highest BCUT2D eigenvalue weighted by molar-refractivity contribution is 6.31. The van der Waals surface area contributed by atoms with Crippen LogP contribution in [0, 0.1) is 0 Å². The fraction of sp³-hybridized carbons (Fsp3) is 0.429. The van der Waals surface area contributed by atoms with Gasteiger partial charge in [0.2, 0.25) is 0 Å². The predicted molar refractivity (Wildman–Crippen MR) is 47.4 cm³/mol. The van der Waals surface area contributed by atoms with Gasteiger partial charge in [-0.25, -0.2) is 0 Å². The molecular weight excluding hydrogens is 199 g/mol. The van der Waals surface area contributed by atoms with E-state index in [9.17, 15) is 0 Å². The number of aliphatic hydroxyl groups is 1. The Morgan fingerprint density at radius 3 is 2.75 bits per heavy atom. The van der Waals surface area contributed by atoms with E-state index >= 15 is 0 Å². The van der Waals surface area contributed by atoms with Crippen LogP contribution in [0.4, 0.5) is 0 Å². The van der Waals surface area contributed by atoms with E-state index in [4.69, 9.17) is 28.3 Å². The maximum Gasteiger partial charge on any atom is 0.155 e. The minimum Gasteiger partial charge on any atom is -0.393 e. The predicted octanol–water partition coefficient (Wildman–Crippen LogP) is 1.71. The summed E-state index contributed by atoms with van der Waals surface area (Å²) in [4.78, 5) is 0. The Bertz CT molecular complexity index is 278. The van der Waals surface area contributed by atoms with Crippen LogP contribution in [0.1, 0.15) is 12.5 Å². The Hall–Kier alpha value is -0.380. The van der Waals surface area contributed by atoms with Crippen LogP contribution < -0.4 is 0 Å². The van der Waals surface area contributed by atoms with Crippen molar-refractivity contribution in [1.29, 1.82) is 0 Å². The van der Waals surface area contributed by atoms with Crippen molar-refractivity contribution in [3.8, 4) is 0 Å². The Kier molecular flexibility index (Phi) is 3.26. The summed E-state index contributed by atoms with van der Waals surface area (Å²) in [6.07, 6.45) is -0.0172. The quantitative estimate of drug-likeness (QED) is 0.802. The summed E-state index contributed by atoms with van der Waals surface area (Å²) in [5.74, 6) is 0. The molecule has 66 valence electrons. The first-order valence-corrected chi connectivity index (χ1v) is 4.21. The van der Waals surface area contributed by atoms with Crippen molar-refractivity contribution in [2.75, 3.05) is 0 Å². The van der Waals surface area contributed by atoms with E-state index in [-0.39, 0.29) is 5.15 Å². The second-order valence-electron chi connectivity index (χ2n) is 2.54. The van der Waals surface area contributed by atoms with Gasteiger partial charge in [0.15, 0.2) is 10.3 Å². The summed E-state index contributed by atoms with van der Waals surface area (Å²) < 4.78 is 0. The summed E-state index contributed by atoms with van der Waals surface area (Å²) in [6, 6.07) is 1.60. The zero-order valence-electron chi connectivity index (χ0n) is 6.46. The fourth-order valence-corrected chi connectivity index (χ4v) is 1.19. The van der Waals surface area contributed by atoms with Crippen molar-refractivity contribution >= 4 is 23.2 Å². The molecule has 0 fully saturated rings. The number of hydrogen-bond donors (Lipinski definition) is 1. The van der Waals surface area contributed by atoms with Gasteiger partial charge in [-0.1, -0.05) is 23.2 Å². The van der Waals surface area contributed by atoms with Gasteiger partial charge in [-0.05, 0) is 18.6 Å². The second kappa shape index (κ2) is 4.03. The van der Waals surface area contributed by atoms with Gasteiger partial charge in [-0.2, -0.15) is 0 Å². The van der Waals surface area contributed by atoms with Crippen molar-refractivity contribution < 1.29 is 5.11 Å². The number of aliphatic hydroxyl groups excluding tert-OH is 1. The van der Waals surface area contributed by atoms with E-state index in [0.29, 0.717) is 17.1 Å².